The summed E-state index contributed by atoms with van der Waals surface area (Å²) < 4.78 is 32.2. The molecule has 0 amide bonds. The summed E-state index contributed by atoms with van der Waals surface area (Å²) in [7, 11) is 1.51. The zero-order valence-electron chi connectivity index (χ0n) is 19.3. The van der Waals surface area contributed by atoms with Gasteiger partial charge in [-0.2, -0.15) is 0 Å². The van der Waals surface area contributed by atoms with Crippen LogP contribution in [-0.4, -0.2) is 60.5 Å². The Labute approximate surface area is 197 Å². The maximum Gasteiger partial charge on any atom is 0.251 e. The summed E-state index contributed by atoms with van der Waals surface area (Å²) >= 11 is 0. The summed E-state index contributed by atoms with van der Waals surface area (Å²) in [4.78, 5) is 19.3. The highest BCUT2D eigenvalue weighted by atomic mass is 19.1. The summed E-state index contributed by atoms with van der Waals surface area (Å²) in [5, 5.41) is 4.33. The van der Waals surface area contributed by atoms with E-state index in [0.717, 1.165) is 49.3 Å². The van der Waals surface area contributed by atoms with E-state index in [9.17, 15) is 9.18 Å². The van der Waals surface area contributed by atoms with Crippen molar-refractivity contribution in [1.82, 2.24) is 19.8 Å². The van der Waals surface area contributed by atoms with Crippen LogP contribution in [0.25, 0.3) is 10.9 Å². The molecule has 9 heteroatoms. The van der Waals surface area contributed by atoms with Crippen LogP contribution in [0.1, 0.15) is 18.5 Å². The first-order valence-corrected chi connectivity index (χ1v) is 11.7. The summed E-state index contributed by atoms with van der Waals surface area (Å²) in [6.45, 7) is 4.91. The molecule has 4 heterocycles. The van der Waals surface area contributed by atoms with Crippen molar-refractivity contribution in [1.29, 1.82) is 0 Å². The van der Waals surface area contributed by atoms with Crippen LogP contribution in [0.5, 0.6) is 17.2 Å². The SMILES string of the molecule is COc1cc(F)cc2c1ccc(=O)n2CCN1CCC(NCc2cc3c(cn2)OCCO3)CC1. The molecule has 8 nitrogen and oxygen atoms in total. The van der Waals surface area contributed by atoms with Gasteiger partial charge in [0.1, 0.15) is 24.8 Å². The van der Waals surface area contributed by atoms with Crippen LogP contribution in [0.4, 0.5) is 4.39 Å². The average molecular weight is 469 g/mol. The zero-order valence-corrected chi connectivity index (χ0v) is 19.3. The molecule has 5 rings (SSSR count). The van der Waals surface area contributed by atoms with Crippen molar-refractivity contribution in [3.8, 4) is 17.2 Å². The quantitative estimate of drug-likeness (QED) is 0.571. The summed E-state index contributed by atoms with van der Waals surface area (Å²) in [6.07, 6.45) is 3.75. The lowest BCUT2D eigenvalue weighted by Gasteiger charge is -2.32. The highest BCUT2D eigenvalue weighted by Gasteiger charge is 2.20. The normalized spacial score (nSPS) is 16.6. The Bertz CT molecular complexity index is 1220. The molecule has 2 aliphatic rings. The first-order chi connectivity index (χ1) is 16.6. The van der Waals surface area contributed by atoms with E-state index in [0.29, 0.717) is 49.4 Å². The number of ether oxygens (including phenoxy) is 3. The van der Waals surface area contributed by atoms with Gasteiger partial charge in [-0.1, -0.05) is 0 Å². The van der Waals surface area contributed by atoms with Crippen LogP contribution in [-0.2, 0) is 13.1 Å². The minimum Gasteiger partial charge on any atom is -0.496 e. The summed E-state index contributed by atoms with van der Waals surface area (Å²) in [6, 6.07) is 8.31. The van der Waals surface area contributed by atoms with Gasteiger partial charge >= 0.3 is 0 Å². The molecule has 34 heavy (non-hydrogen) atoms. The van der Waals surface area contributed by atoms with Gasteiger partial charge in [0.15, 0.2) is 11.5 Å². The Hall–Kier alpha value is -3.17. The molecule has 3 aromatic rings. The first kappa shape index (κ1) is 22.6. The molecule has 2 aromatic heterocycles. The number of fused-ring (bicyclic) bond motifs is 2. The molecule has 2 aliphatic heterocycles. The molecule has 1 aromatic carbocycles. The van der Waals surface area contributed by atoms with Crippen molar-refractivity contribution in [2.45, 2.75) is 32.0 Å². The van der Waals surface area contributed by atoms with Gasteiger partial charge in [-0.15, -0.1) is 0 Å². The molecular formula is C25H29FN4O4. The fourth-order valence-electron chi connectivity index (χ4n) is 4.67. The van der Waals surface area contributed by atoms with Crippen molar-refractivity contribution in [3.05, 3.63) is 58.4 Å². The minimum absolute atomic E-state index is 0.136. The maximum atomic E-state index is 14.1. The van der Waals surface area contributed by atoms with E-state index in [-0.39, 0.29) is 5.56 Å². The van der Waals surface area contributed by atoms with Gasteiger partial charge in [-0.05, 0) is 38.1 Å². The summed E-state index contributed by atoms with van der Waals surface area (Å²) in [5.74, 6) is 1.48. The van der Waals surface area contributed by atoms with E-state index in [1.54, 1.807) is 16.8 Å². The second-order valence-electron chi connectivity index (χ2n) is 8.68. The largest absolute Gasteiger partial charge is 0.496 e. The van der Waals surface area contributed by atoms with Gasteiger partial charge in [0.2, 0.25) is 0 Å². The number of likely N-dealkylation sites (tertiary alicyclic amines) is 1. The monoisotopic (exact) mass is 468 g/mol. The molecule has 0 atom stereocenters. The first-order valence-electron chi connectivity index (χ1n) is 11.7. The van der Waals surface area contributed by atoms with Gasteiger partial charge < -0.3 is 29.0 Å². The van der Waals surface area contributed by atoms with Gasteiger partial charge in [0.25, 0.3) is 5.56 Å². The number of aromatic nitrogens is 2. The maximum absolute atomic E-state index is 14.1. The van der Waals surface area contributed by atoms with Crippen molar-refractivity contribution in [3.63, 3.8) is 0 Å². The summed E-state index contributed by atoms with van der Waals surface area (Å²) in [5.41, 5.74) is 1.36. The highest BCUT2D eigenvalue weighted by Crippen LogP contribution is 2.29. The Balaban J connectivity index is 1.15. The fourth-order valence-corrected chi connectivity index (χ4v) is 4.67. The topological polar surface area (TPSA) is 77.9 Å². The van der Waals surface area contributed by atoms with Crippen LogP contribution >= 0.6 is 0 Å². The third-order valence-electron chi connectivity index (χ3n) is 6.54. The second kappa shape index (κ2) is 9.99. The van der Waals surface area contributed by atoms with E-state index in [1.165, 1.54) is 25.3 Å². The lowest BCUT2D eigenvalue weighted by atomic mass is 10.0. The third kappa shape index (κ3) is 4.85. The molecule has 0 spiro atoms. The molecule has 0 bridgehead atoms. The number of hydrogen-bond donors (Lipinski definition) is 1. The number of benzene rings is 1. The Kier molecular flexibility index (Phi) is 6.64. The fraction of sp³-hybridized carbons (Fsp3) is 0.440. The Morgan fingerprint density at radius 1 is 1.12 bits per heavy atom. The van der Waals surface area contributed by atoms with E-state index in [4.69, 9.17) is 14.2 Å². The number of nitrogens with one attached hydrogen (secondary N) is 1. The van der Waals surface area contributed by atoms with Crippen LogP contribution in [0, 0.1) is 5.82 Å². The van der Waals surface area contributed by atoms with Crippen molar-refractivity contribution in [2.75, 3.05) is 40.0 Å². The van der Waals surface area contributed by atoms with Crippen LogP contribution in [0.3, 0.4) is 0 Å². The third-order valence-corrected chi connectivity index (χ3v) is 6.54. The standard InChI is InChI=1S/C25H29FN4O4/c1-32-22-13-17(26)12-21-20(22)2-3-25(31)30(21)9-8-29-6-4-18(5-7-29)27-15-19-14-23-24(16-28-19)34-11-10-33-23/h2-3,12-14,16,18,27H,4-11,15H2,1H3. The number of pyridine rings is 2. The smallest absolute Gasteiger partial charge is 0.251 e. The molecule has 1 fully saturated rings. The van der Waals surface area contributed by atoms with E-state index < -0.39 is 5.82 Å². The number of rotatable bonds is 7. The van der Waals surface area contributed by atoms with Crippen molar-refractivity contribution >= 4 is 10.9 Å². The van der Waals surface area contributed by atoms with Crippen molar-refractivity contribution < 1.29 is 18.6 Å². The van der Waals surface area contributed by atoms with Crippen LogP contribution < -0.4 is 25.1 Å². The number of halogens is 1. The zero-order chi connectivity index (χ0) is 23.5. The van der Waals surface area contributed by atoms with Crippen LogP contribution in [0.2, 0.25) is 0 Å². The van der Waals surface area contributed by atoms with E-state index in [1.807, 2.05) is 6.07 Å². The molecule has 1 N–H and O–H groups in total. The molecule has 0 saturated carbocycles. The van der Waals surface area contributed by atoms with Crippen LogP contribution in [0.15, 0.2) is 41.3 Å². The van der Waals surface area contributed by atoms with Gasteiger partial charge in [0, 0.05) is 49.3 Å². The number of methoxy groups -OCH3 is 1. The van der Waals surface area contributed by atoms with E-state index in [2.05, 4.69) is 15.2 Å². The average Bonchev–Trinajstić information content (AvgIpc) is 2.87. The predicted molar refractivity (Wildman–Crippen MR) is 126 cm³/mol. The Morgan fingerprint density at radius 2 is 1.91 bits per heavy atom. The Morgan fingerprint density at radius 3 is 2.71 bits per heavy atom. The highest BCUT2D eigenvalue weighted by molar-refractivity contribution is 5.85. The molecular weight excluding hydrogens is 439 g/mol. The van der Waals surface area contributed by atoms with Gasteiger partial charge in [-0.25, -0.2) is 4.39 Å². The molecule has 0 radical (unpaired) electrons. The number of piperidine rings is 1. The molecule has 180 valence electrons. The minimum atomic E-state index is -0.414. The predicted octanol–water partition coefficient (Wildman–Crippen LogP) is 2.57. The lowest BCUT2D eigenvalue weighted by Crippen LogP contribution is -2.43. The van der Waals surface area contributed by atoms with E-state index >= 15 is 0 Å². The van der Waals surface area contributed by atoms with Gasteiger partial charge in [0.05, 0.1) is 24.5 Å². The van der Waals surface area contributed by atoms with Crippen molar-refractivity contribution in [2.24, 2.45) is 0 Å². The van der Waals surface area contributed by atoms with Gasteiger partial charge in [-0.3, -0.25) is 9.78 Å². The number of nitrogens with zero attached hydrogens (tertiary/aromatic N) is 3. The second-order valence-corrected chi connectivity index (χ2v) is 8.68. The molecule has 0 aliphatic carbocycles. The molecule has 0 unspecified atom stereocenters. The number of hydrogen-bond acceptors (Lipinski definition) is 7. The molecule has 1 saturated heterocycles. The lowest BCUT2D eigenvalue weighted by molar-refractivity contribution is 0.170.